The van der Waals surface area contributed by atoms with Gasteiger partial charge < -0.3 is 5.32 Å². The van der Waals surface area contributed by atoms with Crippen molar-refractivity contribution in [1.29, 1.82) is 0 Å². The number of nitrogens with zero attached hydrogens (tertiary/aromatic N) is 2. The lowest BCUT2D eigenvalue weighted by molar-refractivity contribution is 0.182. The second-order valence-corrected chi connectivity index (χ2v) is 5.02. The van der Waals surface area contributed by atoms with Crippen molar-refractivity contribution in [3.63, 3.8) is 0 Å². The maximum Gasteiger partial charge on any atom is 0.128 e. The van der Waals surface area contributed by atoms with Crippen LogP contribution in [0.15, 0.2) is 18.3 Å². The highest BCUT2D eigenvalue weighted by molar-refractivity contribution is 5.42. The Morgan fingerprint density at radius 1 is 1.24 bits per heavy atom. The van der Waals surface area contributed by atoms with Crippen LogP contribution in [0.1, 0.15) is 33.3 Å². The zero-order valence-corrected chi connectivity index (χ0v) is 11.7. The van der Waals surface area contributed by atoms with Crippen LogP contribution in [-0.2, 0) is 0 Å². The van der Waals surface area contributed by atoms with Gasteiger partial charge in [-0.25, -0.2) is 4.98 Å². The quantitative estimate of drug-likeness (QED) is 0.821. The fourth-order valence-electron chi connectivity index (χ4n) is 2.09. The molecule has 3 heteroatoms. The standard InChI is InChI=1S/C14H25N3/c1-11(2)17(12(3)4)10-9-16-14-13(5)7-6-8-15-14/h6-8,11-12H,9-10H2,1-5H3,(H,15,16). The number of hydrogen-bond acceptors (Lipinski definition) is 3. The molecule has 1 rings (SSSR count). The van der Waals surface area contributed by atoms with Gasteiger partial charge in [-0.15, -0.1) is 0 Å². The Morgan fingerprint density at radius 2 is 1.88 bits per heavy atom. The minimum atomic E-state index is 0.585. The van der Waals surface area contributed by atoms with Crippen molar-refractivity contribution in [3.05, 3.63) is 23.9 Å². The number of anilines is 1. The lowest BCUT2D eigenvalue weighted by atomic mass is 10.2. The molecule has 3 nitrogen and oxygen atoms in total. The Hall–Kier alpha value is -1.09. The van der Waals surface area contributed by atoms with Crippen LogP contribution < -0.4 is 5.32 Å². The van der Waals surface area contributed by atoms with E-state index in [1.54, 1.807) is 0 Å². The molecule has 0 amide bonds. The first kappa shape index (κ1) is 14.0. The van der Waals surface area contributed by atoms with Gasteiger partial charge in [0, 0.05) is 31.4 Å². The smallest absolute Gasteiger partial charge is 0.128 e. The summed E-state index contributed by atoms with van der Waals surface area (Å²) in [5.41, 5.74) is 1.20. The van der Waals surface area contributed by atoms with Crippen molar-refractivity contribution in [1.82, 2.24) is 9.88 Å². The van der Waals surface area contributed by atoms with Crippen LogP contribution >= 0.6 is 0 Å². The van der Waals surface area contributed by atoms with Gasteiger partial charge in [-0.05, 0) is 46.2 Å². The van der Waals surface area contributed by atoms with Crippen LogP contribution in [0.5, 0.6) is 0 Å². The highest BCUT2D eigenvalue weighted by Crippen LogP contribution is 2.09. The Balaban J connectivity index is 2.44. The molecule has 1 aromatic rings. The van der Waals surface area contributed by atoms with E-state index >= 15 is 0 Å². The first-order valence-corrected chi connectivity index (χ1v) is 6.43. The van der Waals surface area contributed by atoms with Gasteiger partial charge in [0.25, 0.3) is 0 Å². The van der Waals surface area contributed by atoms with Gasteiger partial charge >= 0.3 is 0 Å². The van der Waals surface area contributed by atoms with Crippen LogP contribution in [-0.4, -0.2) is 35.1 Å². The molecule has 0 unspecified atom stereocenters. The molecule has 1 heterocycles. The molecule has 0 aliphatic rings. The predicted molar refractivity (Wildman–Crippen MR) is 74.4 cm³/mol. The van der Waals surface area contributed by atoms with E-state index in [-0.39, 0.29) is 0 Å². The average molecular weight is 235 g/mol. The van der Waals surface area contributed by atoms with Crippen molar-refractivity contribution in [2.75, 3.05) is 18.4 Å². The summed E-state index contributed by atoms with van der Waals surface area (Å²) >= 11 is 0. The number of aromatic nitrogens is 1. The molecular formula is C14H25N3. The number of aryl methyl sites for hydroxylation is 1. The zero-order valence-electron chi connectivity index (χ0n) is 11.7. The molecule has 0 atom stereocenters. The van der Waals surface area contributed by atoms with E-state index in [1.165, 1.54) is 5.56 Å². The Bertz CT molecular complexity index is 326. The van der Waals surface area contributed by atoms with E-state index in [0.717, 1.165) is 18.9 Å². The summed E-state index contributed by atoms with van der Waals surface area (Å²) in [5.74, 6) is 1.000. The van der Waals surface area contributed by atoms with Crippen LogP contribution in [0.4, 0.5) is 5.82 Å². The van der Waals surface area contributed by atoms with Gasteiger partial charge in [-0.1, -0.05) is 6.07 Å². The molecule has 1 aromatic heterocycles. The van der Waals surface area contributed by atoms with E-state index < -0.39 is 0 Å². The van der Waals surface area contributed by atoms with Gasteiger partial charge in [-0.2, -0.15) is 0 Å². The molecule has 96 valence electrons. The molecule has 0 saturated heterocycles. The van der Waals surface area contributed by atoms with Gasteiger partial charge in [0.15, 0.2) is 0 Å². The summed E-state index contributed by atoms with van der Waals surface area (Å²) in [7, 11) is 0. The number of pyridine rings is 1. The molecule has 0 spiro atoms. The summed E-state index contributed by atoms with van der Waals surface area (Å²) in [6, 6.07) is 5.22. The average Bonchev–Trinajstić information content (AvgIpc) is 2.25. The van der Waals surface area contributed by atoms with Crippen molar-refractivity contribution >= 4 is 5.82 Å². The molecule has 0 fully saturated rings. The van der Waals surface area contributed by atoms with Crippen molar-refractivity contribution in [3.8, 4) is 0 Å². The van der Waals surface area contributed by atoms with E-state index in [1.807, 2.05) is 12.3 Å². The number of nitrogens with one attached hydrogen (secondary N) is 1. The van der Waals surface area contributed by atoms with Crippen molar-refractivity contribution < 1.29 is 0 Å². The summed E-state index contributed by atoms with van der Waals surface area (Å²) in [6.07, 6.45) is 1.83. The molecular weight excluding hydrogens is 210 g/mol. The maximum absolute atomic E-state index is 4.34. The van der Waals surface area contributed by atoms with E-state index in [2.05, 4.69) is 55.9 Å². The Morgan fingerprint density at radius 3 is 2.41 bits per heavy atom. The van der Waals surface area contributed by atoms with Crippen LogP contribution in [0.3, 0.4) is 0 Å². The lowest BCUT2D eigenvalue weighted by Gasteiger charge is -2.30. The van der Waals surface area contributed by atoms with Crippen molar-refractivity contribution in [2.45, 2.75) is 46.7 Å². The first-order chi connectivity index (χ1) is 8.02. The fourth-order valence-corrected chi connectivity index (χ4v) is 2.09. The zero-order chi connectivity index (χ0) is 12.8. The van der Waals surface area contributed by atoms with Gasteiger partial charge in [0.1, 0.15) is 5.82 Å². The monoisotopic (exact) mass is 235 g/mol. The molecule has 0 bridgehead atoms. The number of rotatable bonds is 6. The lowest BCUT2D eigenvalue weighted by Crippen LogP contribution is -2.40. The second-order valence-electron chi connectivity index (χ2n) is 5.02. The van der Waals surface area contributed by atoms with E-state index in [4.69, 9.17) is 0 Å². The highest BCUT2D eigenvalue weighted by atomic mass is 15.2. The molecule has 0 aliphatic carbocycles. The largest absolute Gasteiger partial charge is 0.369 e. The topological polar surface area (TPSA) is 28.2 Å². The molecule has 0 saturated carbocycles. The van der Waals surface area contributed by atoms with E-state index in [0.29, 0.717) is 12.1 Å². The summed E-state index contributed by atoms with van der Waals surface area (Å²) in [5, 5.41) is 3.40. The Labute approximate surface area is 105 Å². The van der Waals surface area contributed by atoms with Crippen molar-refractivity contribution in [2.24, 2.45) is 0 Å². The third-order valence-corrected chi connectivity index (χ3v) is 3.00. The molecule has 0 aromatic carbocycles. The maximum atomic E-state index is 4.34. The second kappa shape index (κ2) is 6.60. The van der Waals surface area contributed by atoms with Gasteiger partial charge in [0.05, 0.1) is 0 Å². The number of hydrogen-bond donors (Lipinski definition) is 1. The molecule has 0 radical (unpaired) electrons. The highest BCUT2D eigenvalue weighted by Gasteiger charge is 2.12. The van der Waals surface area contributed by atoms with Crippen LogP contribution in [0.25, 0.3) is 0 Å². The van der Waals surface area contributed by atoms with E-state index in [9.17, 15) is 0 Å². The molecule has 17 heavy (non-hydrogen) atoms. The predicted octanol–water partition coefficient (Wildman–Crippen LogP) is 2.92. The van der Waals surface area contributed by atoms with Gasteiger partial charge in [-0.3, -0.25) is 4.90 Å². The Kier molecular flexibility index (Phi) is 5.42. The third-order valence-electron chi connectivity index (χ3n) is 3.00. The minimum Gasteiger partial charge on any atom is -0.369 e. The van der Waals surface area contributed by atoms with Crippen LogP contribution in [0, 0.1) is 6.92 Å². The molecule has 0 aliphatic heterocycles. The summed E-state index contributed by atoms with van der Waals surface area (Å²) in [4.78, 5) is 6.81. The first-order valence-electron chi connectivity index (χ1n) is 6.43. The normalized spacial score (nSPS) is 11.5. The SMILES string of the molecule is Cc1cccnc1NCCN(C(C)C)C(C)C. The minimum absolute atomic E-state index is 0.585. The summed E-state index contributed by atoms with van der Waals surface area (Å²) in [6.45, 7) is 13.0. The van der Waals surface area contributed by atoms with Crippen LogP contribution in [0.2, 0.25) is 0 Å². The fraction of sp³-hybridized carbons (Fsp3) is 0.643. The summed E-state index contributed by atoms with van der Waals surface area (Å²) < 4.78 is 0. The molecule has 1 N–H and O–H groups in total. The van der Waals surface area contributed by atoms with Gasteiger partial charge in [0.2, 0.25) is 0 Å². The third kappa shape index (κ3) is 4.35.